The van der Waals surface area contributed by atoms with Crippen molar-refractivity contribution in [1.29, 1.82) is 0 Å². The summed E-state index contributed by atoms with van der Waals surface area (Å²) in [4.78, 5) is 16.4. The van der Waals surface area contributed by atoms with Gasteiger partial charge in [-0.15, -0.1) is 0 Å². The number of halogens is 1. The topological polar surface area (TPSA) is 63.2 Å². The highest BCUT2D eigenvalue weighted by molar-refractivity contribution is 5.85. The Hall–Kier alpha value is -2.11. The number of hydrogen-bond acceptors (Lipinski definition) is 4. The number of ether oxygens (including phenoxy) is 1. The average molecular weight is 323 g/mol. The number of carbonyl (C=O) groups is 1. The first-order valence-corrected chi connectivity index (χ1v) is 7.50. The van der Waals surface area contributed by atoms with E-state index in [1.165, 1.54) is 18.3 Å². The van der Waals surface area contributed by atoms with Crippen LogP contribution in [0.3, 0.4) is 0 Å². The Morgan fingerprint density at radius 2 is 1.96 bits per heavy atom. The van der Waals surface area contributed by atoms with Crippen LogP contribution in [0.25, 0.3) is 0 Å². The fraction of sp³-hybridized carbons (Fsp3) is 0.529. The fourth-order valence-electron chi connectivity index (χ4n) is 1.96. The average Bonchev–Trinajstić information content (AvgIpc) is 2.35. The standard InChI is InChI=1S/C17H26FN3O2/c1-11(14-13(18)9-8-10-19-14)20-15(22)17(6,7)21-12(2)23-16(3,4)5/h8-11,21H,2H2,1,3-7H3,(H,20,22). The van der Waals surface area contributed by atoms with E-state index in [1.54, 1.807) is 20.8 Å². The smallest absolute Gasteiger partial charge is 0.245 e. The lowest BCUT2D eigenvalue weighted by Crippen LogP contribution is -2.53. The van der Waals surface area contributed by atoms with Crippen molar-refractivity contribution in [2.24, 2.45) is 0 Å². The van der Waals surface area contributed by atoms with Crippen LogP contribution in [0.5, 0.6) is 0 Å². The van der Waals surface area contributed by atoms with Gasteiger partial charge in [-0.25, -0.2) is 4.39 Å². The third kappa shape index (κ3) is 5.88. The van der Waals surface area contributed by atoms with Crippen molar-refractivity contribution in [2.75, 3.05) is 0 Å². The van der Waals surface area contributed by atoms with E-state index in [0.717, 1.165) is 0 Å². The molecule has 0 radical (unpaired) electrons. The third-order valence-electron chi connectivity index (χ3n) is 2.99. The molecule has 0 saturated carbocycles. The van der Waals surface area contributed by atoms with Gasteiger partial charge in [0.15, 0.2) is 5.88 Å². The molecule has 1 atom stereocenters. The van der Waals surface area contributed by atoms with Gasteiger partial charge >= 0.3 is 0 Å². The van der Waals surface area contributed by atoms with Crippen LogP contribution < -0.4 is 10.6 Å². The van der Waals surface area contributed by atoms with Crippen molar-refractivity contribution in [3.05, 3.63) is 42.3 Å². The molecule has 23 heavy (non-hydrogen) atoms. The number of nitrogens with zero attached hydrogens (tertiary/aromatic N) is 1. The molecule has 1 rings (SSSR count). The zero-order chi connectivity index (χ0) is 17.8. The third-order valence-corrected chi connectivity index (χ3v) is 2.99. The fourth-order valence-corrected chi connectivity index (χ4v) is 1.96. The number of amides is 1. The molecule has 1 unspecified atom stereocenters. The number of rotatable bonds is 6. The Labute approximate surface area is 137 Å². The summed E-state index contributed by atoms with van der Waals surface area (Å²) in [5.41, 5.74) is -1.19. The molecule has 2 N–H and O–H groups in total. The van der Waals surface area contributed by atoms with Crippen molar-refractivity contribution in [2.45, 2.75) is 58.7 Å². The highest BCUT2D eigenvalue weighted by Crippen LogP contribution is 2.17. The summed E-state index contributed by atoms with van der Waals surface area (Å²) in [6.07, 6.45) is 1.49. The number of nitrogens with one attached hydrogen (secondary N) is 2. The van der Waals surface area contributed by atoms with Crippen molar-refractivity contribution in [3.63, 3.8) is 0 Å². The maximum absolute atomic E-state index is 13.7. The minimum Gasteiger partial charge on any atom is -0.474 e. The molecule has 0 aliphatic heterocycles. The number of pyridine rings is 1. The summed E-state index contributed by atoms with van der Waals surface area (Å²) < 4.78 is 19.3. The van der Waals surface area contributed by atoms with E-state index >= 15 is 0 Å². The van der Waals surface area contributed by atoms with Gasteiger partial charge in [0.2, 0.25) is 5.91 Å². The first-order valence-electron chi connectivity index (χ1n) is 7.50. The normalized spacial score (nSPS) is 13.2. The molecular formula is C17H26FN3O2. The zero-order valence-corrected chi connectivity index (χ0v) is 14.7. The maximum Gasteiger partial charge on any atom is 0.245 e. The first-order chi connectivity index (χ1) is 10.4. The lowest BCUT2D eigenvalue weighted by molar-refractivity contribution is -0.127. The monoisotopic (exact) mass is 323 g/mol. The van der Waals surface area contributed by atoms with Crippen LogP contribution in [0.15, 0.2) is 30.8 Å². The van der Waals surface area contributed by atoms with Crippen LogP contribution in [-0.2, 0) is 9.53 Å². The number of hydrogen-bond donors (Lipinski definition) is 2. The Kier molecular flexibility index (Phi) is 5.75. The van der Waals surface area contributed by atoms with E-state index in [-0.39, 0.29) is 11.6 Å². The van der Waals surface area contributed by atoms with E-state index in [0.29, 0.717) is 5.88 Å². The molecule has 6 heteroatoms. The molecule has 1 amide bonds. The molecule has 0 saturated heterocycles. The predicted molar refractivity (Wildman–Crippen MR) is 87.9 cm³/mol. The van der Waals surface area contributed by atoms with E-state index in [2.05, 4.69) is 22.2 Å². The molecule has 5 nitrogen and oxygen atoms in total. The lowest BCUT2D eigenvalue weighted by Gasteiger charge is -2.31. The number of aromatic nitrogens is 1. The molecule has 0 aliphatic rings. The van der Waals surface area contributed by atoms with E-state index in [4.69, 9.17) is 4.74 Å². The second kappa shape index (κ2) is 6.98. The molecule has 0 bridgehead atoms. The van der Waals surface area contributed by atoms with Gasteiger partial charge in [0, 0.05) is 6.20 Å². The molecule has 1 heterocycles. The van der Waals surface area contributed by atoms with E-state index < -0.39 is 23.0 Å². The van der Waals surface area contributed by atoms with Crippen molar-refractivity contribution in [3.8, 4) is 0 Å². The predicted octanol–water partition coefficient (Wildman–Crippen LogP) is 3.05. The van der Waals surface area contributed by atoms with E-state index in [1.807, 2.05) is 20.8 Å². The van der Waals surface area contributed by atoms with Gasteiger partial charge in [-0.1, -0.05) is 0 Å². The largest absolute Gasteiger partial charge is 0.474 e. The zero-order valence-electron chi connectivity index (χ0n) is 14.7. The second-order valence-electron chi connectivity index (χ2n) is 6.95. The molecule has 0 aromatic carbocycles. The summed E-state index contributed by atoms with van der Waals surface area (Å²) in [6.45, 7) is 14.5. The summed E-state index contributed by atoms with van der Waals surface area (Å²) in [5.74, 6) is -0.463. The summed E-state index contributed by atoms with van der Waals surface area (Å²) >= 11 is 0. The van der Waals surface area contributed by atoms with Gasteiger partial charge in [-0.05, 0) is 60.3 Å². The summed E-state index contributed by atoms with van der Waals surface area (Å²) in [5, 5.41) is 5.69. The van der Waals surface area contributed by atoms with Gasteiger partial charge in [0.1, 0.15) is 17.0 Å². The minimum absolute atomic E-state index is 0.196. The van der Waals surface area contributed by atoms with Gasteiger partial charge in [-0.2, -0.15) is 0 Å². The van der Waals surface area contributed by atoms with Crippen molar-refractivity contribution >= 4 is 5.91 Å². The minimum atomic E-state index is -0.970. The Balaban J connectivity index is 2.72. The Morgan fingerprint density at radius 3 is 2.48 bits per heavy atom. The van der Waals surface area contributed by atoms with E-state index in [9.17, 15) is 9.18 Å². The van der Waals surface area contributed by atoms with Gasteiger partial charge in [0.25, 0.3) is 0 Å². The van der Waals surface area contributed by atoms with Gasteiger partial charge < -0.3 is 15.4 Å². The molecule has 0 aliphatic carbocycles. The quantitative estimate of drug-likeness (QED) is 0.790. The molecule has 128 valence electrons. The van der Waals surface area contributed by atoms with Crippen LogP contribution in [0.2, 0.25) is 0 Å². The van der Waals surface area contributed by atoms with Crippen LogP contribution in [-0.4, -0.2) is 22.0 Å². The van der Waals surface area contributed by atoms with Crippen LogP contribution in [0, 0.1) is 5.82 Å². The summed E-state index contributed by atoms with van der Waals surface area (Å²) in [6, 6.07) is 2.27. The molecule has 1 aromatic rings. The molecular weight excluding hydrogens is 297 g/mol. The molecule has 0 fully saturated rings. The Bertz CT molecular complexity index is 579. The van der Waals surface area contributed by atoms with Gasteiger partial charge in [-0.3, -0.25) is 9.78 Å². The number of carbonyl (C=O) groups excluding carboxylic acids is 1. The summed E-state index contributed by atoms with van der Waals surface area (Å²) in [7, 11) is 0. The van der Waals surface area contributed by atoms with Crippen LogP contribution in [0.1, 0.15) is 53.3 Å². The highest BCUT2D eigenvalue weighted by atomic mass is 19.1. The van der Waals surface area contributed by atoms with Gasteiger partial charge in [0.05, 0.1) is 11.7 Å². The van der Waals surface area contributed by atoms with Crippen molar-refractivity contribution < 1.29 is 13.9 Å². The maximum atomic E-state index is 13.7. The van der Waals surface area contributed by atoms with Crippen LogP contribution in [0.4, 0.5) is 4.39 Å². The SMILES string of the molecule is C=C(NC(C)(C)C(=O)NC(C)c1ncccc1F)OC(C)(C)C. The highest BCUT2D eigenvalue weighted by Gasteiger charge is 2.31. The molecule has 0 spiro atoms. The first kappa shape index (κ1) is 18.9. The lowest BCUT2D eigenvalue weighted by atomic mass is 10.0. The second-order valence-corrected chi connectivity index (χ2v) is 6.95. The molecule has 1 aromatic heterocycles. The van der Waals surface area contributed by atoms with Crippen LogP contribution >= 0.6 is 0 Å². The van der Waals surface area contributed by atoms with Crippen molar-refractivity contribution in [1.82, 2.24) is 15.6 Å². The Morgan fingerprint density at radius 1 is 1.35 bits per heavy atom.